The molecule has 1 unspecified atom stereocenters. The summed E-state index contributed by atoms with van der Waals surface area (Å²) in [6.45, 7) is 5.65. The van der Waals surface area contributed by atoms with Gasteiger partial charge in [-0.1, -0.05) is 23.7 Å². The molecule has 0 amide bonds. The van der Waals surface area contributed by atoms with Gasteiger partial charge in [0.15, 0.2) is 0 Å². The van der Waals surface area contributed by atoms with Crippen molar-refractivity contribution in [2.24, 2.45) is 0 Å². The minimum atomic E-state index is -0.413. The molecule has 0 bridgehead atoms. The van der Waals surface area contributed by atoms with Crippen molar-refractivity contribution in [3.05, 3.63) is 47.0 Å². The minimum absolute atomic E-state index is 0.413. The normalized spacial score (nSPS) is 12.5. The Labute approximate surface area is 96.4 Å². The quantitative estimate of drug-likeness (QED) is 0.591. The van der Waals surface area contributed by atoms with Crippen molar-refractivity contribution >= 4 is 11.6 Å². The maximum Gasteiger partial charge on any atom is 0.0793 e. The first kappa shape index (κ1) is 12.3. The van der Waals surface area contributed by atoms with Crippen LogP contribution in [0.15, 0.2) is 30.9 Å². The summed E-state index contributed by atoms with van der Waals surface area (Å²) in [6, 6.07) is 5.63. The van der Waals surface area contributed by atoms with Crippen LogP contribution in [0.25, 0.3) is 0 Å². The highest BCUT2D eigenvalue weighted by Crippen LogP contribution is 2.25. The van der Waals surface area contributed by atoms with E-state index in [0.717, 1.165) is 30.4 Å². The third-order valence-corrected chi connectivity index (χ3v) is 2.72. The predicted molar refractivity (Wildman–Crippen MR) is 65.2 cm³/mol. The van der Waals surface area contributed by atoms with E-state index in [4.69, 9.17) is 11.6 Å². The van der Waals surface area contributed by atoms with Gasteiger partial charge in [-0.15, -0.1) is 6.58 Å². The van der Waals surface area contributed by atoms with Gasteiger partial charge in [-0.3, -0.25) is 0 Å². The lowest BCUT2D eigenvalue weighted by Crippen LogP contribution is -1.99. The van der Waals surface area contributed by atoms with Gasteiger partial charge in [-0.05, 0) is 49.4 Å². The third kappa shape index (κ3) is 3.69. The SMILES string of the molecule is C=CCCCC(O)c1cc(Cl)ccc1C. The number of hydrogen-bond donors (Lipinski definition) is 1. The Bertz CT molecular complexity index is 333. The smallest absolute Gasteiger partial charge is 0.0793 e. The van der Waals surface area contributed by atoms with E-state index in [1.165, 1.54) is 0 Å². The molecule has 2 heteroatoms. The highest BCUT2D eigenvalue weighted by molar-refractivity contribution is 6.30. The van der Waals surface area contributed by atoms with E-state index in [1.54, 1.807) is 0 Å². The van der Waals surface area contributed by atoms with E-state index in [-0.39, 0.29) is 0 Å². The second-order valence-electron chi connectivity index (χ2n) is 3.74. The number of aliphatic hydroxyl groups excluding tert-OH is 1. The van der Waals surface area contributed by atoms with Crippen molar-refractivity contribution in [2.45, 2.75) is 32.3 Å². The van der Waals surface area contributed by atoms with Crippen molar-refractivity contribution < 1.29 is 5.11 Å². The van der Waals surface area contributed by atoms with E-state index in [0.29, 0.717) is 5.02 Å². The molecule has 1 rings (SSSR count). The molecule has 1 atom stereocenters. The summed E-state index contributed by atoms with van der Waals surface area (Å²) in [6.07, 6.45) is 4.11. The molecule has 0 aliphatic carbocycles. The first-order valence-corrected chi connectivity index (χ1v) is 5.58. The summed E-state index contributed by atoms with van der Waals surface area (Å²) >= 11 is 5.89. The van der Waals surface area contributed by atoms with E-state index < -0.39 is 6.10 Å². The molecule has 1 nitrogen and oxygen atoms in total. The summed E-state index contributed by atoms with van der Waals surface area (Å²) in [4.78, 5) is 0. The standard InChI is InChI=1S/C13H17ClO/c1-3-4-5-6-13(15)12-9-11(14)8-7-10(12)2/h3,7-9,13,15H,1,4-6H2,2H3. The first-order valence-electron chi connectivity index (χ1n) is 5.20. The molecule has 0 aromatic heterocycles. The first-order chi connectivity index (χ1) is 7.15. The van der Waals surface area contributed by atoms with Gasteiger partial charge in [-0.25, -0.2) is 0 Å². The Hall–Kier alpha value is -0.790. The van der Waals surface area contributed by atoms with Gasteiger partial charge < -0.3 is 5.11 Å². The van der Waals surface area contributed by atoms with Gasteiger partial charge in [0.2, 0.25) is 0 Å². The second-order valence-corrected chi connectivity index (χ2v) is 4.17. The molecule has 0 heterocycles. The molecule has 0 saturated carbocycles. The number of halogens is 1. The monoisotopic (exact) mass is 224 g/mol. The lowest BCUT2D eigenvalue weighted by atomic mass is 9.99. The van der Waals surface area contributed by atoms with Crippen LogP contribution in [-0.2, 0) is 0 Å². The van der Waals surface area contributed by atoms with E-state index in [2.05, 4.69) is 6.58 Å². The van der Waals surface area contributed by atoms with Crippen molar-refractivity contribution in [3.63, 3.8) is 0 Å². The second kappa shape index (κ2) is 5.94. The minimum Gasteiger partial charge on any atom is -0.388 e. The Morgan fingerprint density at radius 1 is 1.53 bits per heavy atom. The number of aryl methyl sites for hydroxylation is 1. The van der Waals surface area contributed by atoms with Gasteiger partial charge in [0.25, 0.3) is 0 Å². The van der Waals surface area contributed by atoms with Gasteiger partial charge in [0.05, 0.1) is 6.10 Å². The van der Waals surface area contributed by atoms with Crippen LogP contribution in [0.5, 0.6) is 0 Å². The average molecular weight is 225 g/mol. The number of hydrogen-bond acceptors (Lipinski definition) is 1. The highest BCUT2D eigenvalue weighted by atomic mass is 35.5. The zero-order chi connectivity index (χ0) is 11.3. The highest BCUT2D eigenvalue weighted by Gasteiger charge is 2.10. The summed E-state index contributed by atoms with van der Waals surface area (Å²) in [7, 11) is 0. The molecule has 0 fully saturated rings. The van der Waals surface area contributed by atoms with Crippen LogP contribution in [0.4, 0.5) is 0 Å². The van der Waals surface area contributed by atoms with Crippen LogP contribution >= 0.6 is 11.6 Å². The van der Waals surface area contributed by atoms with Crippen LogP contribution in [0.1, 0.15) is 36.5 Å². The molecule has 82 valence electrons. The van der Waals surface area contributed by atoms with Gasteiger partial charge in [-0.2, -0.15) is 0 Å². The fourth-order valence-corrected chi connectivity index (χ4v) is 1.76. The maximum atomic E-state index is 9.96. The molecule has 0 aliphatic heterocycles. The lowest BCUT2D eigenvalue weighted by Gasteiger charge is -2.13. The third-order valence-electron chi connectivity index (χ3n) is 2.49. The van der Waals surface area contributed by atoms with Crippen LogP contribution < -0.4 is 0 Å². The molecular weight excluding hydrogens is 208 g/mol. The molecular formula is C13H17ClO. The largest absolute Gasteiger partial charge is 0.388 e. The summed E-state index contributed by atoms with van der Waals surface area (Å²) in [5, 5.41) is 10.6. The van der Waals surface area contributed by atoms with Crippen LogP contribution in [0.3, 0.4) is 0 Å². The Morgan fingerprint density at radius 3 is 2.93 bits per heavy atom. The van der Waals surface area contributed by atoms with Crippen molar-refractivity contribution in [2.75, 3.05) is 0 Å². The molecule has 15 heavy (non-hydrogen) atoms. The number of aliphatic hydroxyl groups is 1. The van der Waals surface area contributed by atoms with Crippen molar-refractivity contribution in [1.82, 2.24) is 0 Å². The summed E-state index contributed by atoms with van der Waals surface area (Å²) in [5.74, 6) is 0. The molecule has 1 aromatic carbocycles. The molecule has 1 N–H and O–H groups in total. The summed E-state index contributed by atoms with van der Waals surface area (Å²) in [5.41, 5.74) is 2.03. The zero-order valence-corrected chi connectivity index (χ0v) is 9.80. The predicted octanol–water partition coefficient (Wildman–Crippen LogP) is 4.04. The Kier molecular flexibility index (Phi) is 4.86. The molecule has 0 saturated heterocycles. The van der Waals surface area contributed by atoms with Gasteiger partial charge in [0.1, 0.15) is 0 Å². The zero-order valence-electron chi connectivity index (χ0n) is 9.04. The number of rotatable bonds is 5. The molecule has 0 spiro atoms. The molecule has 0 aliphatic rings. The van der Waals surface area contributed by atoms with Crippen molar-refractivity contribution in [1.29, 1.82) is 0 Å². The van der Waals surface area contributed by atoms with Gasteiger partial charge in [0, 0.05) is 5.02 Å². The fourth-order valence-electron chi connectivity index (χ4n) is 1.58. The lowest BCUT2D eigenvalue weighted by molar-refractivity contribution is 0.164. The Balaban J connectivity index is 2.67. The van der Waals surface area contributed by atoms with E-state index >= 15 is 0 Å². The van der Waals surface area contributed by atoms with Crippen LogP contribution in [-0.4, -0.2) is 5.11 Å². The fraction of sp³-hybridized carbons (Fsp3) is 0.385. The van der Waals surface area contributed by atoms with Gasteiger partial charge >= 0.3 is 0 Å². The number of allylic oxidation sites excluding steroid dienone is 1. The van der Waals surface area contributed by atoms with E-state index in [1.807, 2.05) is 31.2 Å². The van der Waals surface area contributed by atoms with Crippen LogP contribution in [0.2, 0.25) is 5.02 Å². The summed E-state index contributed by atoms with van der Waals surface area (Å²) < 4.78 is 0. The topological polar surface area (TPSA) is 20.2 Å². The van der Waals surface area contributed by atoms with Crippen molar-refractivity contribution in [3.8, 4) is 0 Å². The maximum absolute atomic E-state index is 9.96. The Morgan fingerprint density at radius 2 is 2.27 bits per heavy atom. The van der Waals surface area contributed by atoms with E-state index in [9.17, 15) is 5.11 Å². The molecule has 0 radical (unpaired) electrons. The number of benzene rings is 1. The van der Waals surface area contributed by atoms with Crippen LogP contribution in [0, 0.1) is 6.92 Å². The molecule has 1 aromatic rings. The number of unbranched alkanes of at least 4 members (excludes halogenated alkanes) is 1. The average Bonchev–Trinajstić information content (AvgIpc) is 2.22.